The molecule has 0 unspecified atom stereocenters. The topological polar surface area (TPSA) is 386 Å². The summed E-state index contributed by atoms with van der Waals surface area (Å²) >= 11 is 2.06. The molecule has 0 aromatic carbocycles. The molecule has 0 aromatic heterocycles. The molecule has 16 atom stereocenters. The van der Waals surface area contributed by atoms with E-state index >= 15 is 0 Å². The first kappa shape index (κ1) is 73.1. The van der Waals surface area contributed by atoms with Crippen molar-refractivity contribution in [1.82, 2.24) is 20.1 Å². The Morgan fingerprint density at radius 2 is 0.919 bits per heavy atom. The van der Waals surface area contributed by atoms with Gasteiger partial charge in [-0.2, -0.15) is 5.10 Å². The number of guanidine groups is 1. The fraction of sp³-hybridized carbons (Fsp3) is 0.589. The zero-order valence-electron chi connectivity index (χ0n) is 51.1. The molecule has 484 valence electrons. The second-order valence-corrected chi connectivity index (χ2v) is 43.6. The largest absolute Gasteiger partial charge is 0.388 e. The summed E-state index contributed by atoms with van der Waals surface area (Å²) in [6.45, 7) is 29.3. The molecule has 0 saturated carbocycles. The van der Waals surface area contributed by atoms with Gasteiger partial charge in [0.05, 0.1) is 34.2 Å². The molecular weight excluding hydrogens is 1300 g/mol. The first-order chi connectivity index (χ1) is 39.6. The molecule has 30 heteroatoms. The Kier molecular flexibility index (Phi) is 25.5. The molecule has 0 radical (unpaired) electrons. The number of nitrogens with two attached hydrogens (primary N) is 4. The number of halogens is 1. The first-order valence-corrected chi connectivity index (χ1v) is 41.2. The van der Waals surface area contributed by atoms with E-state index in [2.05, 4.69) is 158 Å². The minimum absolute atomic E-state index is 0.240. The molecule has 0 spiro atoms. The summed E-state index contributed by atoms with van der Waals surface area (Å²) in [5, 5.41) is 90.0. The summed E-state index contributed by atoms with van der Waals surface area (Å²) < 4.78 is 24.1. The molecule has 8 aliphatic heterocycles. The van der Waals surface area contributed by atoms with Crippen molar-refractivity contribution in [2.24, 2.45) is 48.0 Å². The summed E-state index contributed by atoms with van der Waals surface area (Å²) in [4.78, 5) is 19.5. The van der Waals surface area contributed by atoms with E-state index in [0.717, 1.165) is 33.8 Å². The first-order valence-electron chi connectivity index (χ1n) is 27.9. The number of nitrogens with zero attached hydrogens (tertiary/aromatic N) is 8. The highest BCUT2D eigenvalue weighted by atomic mass is 127. The van der Waals surface area contributed by atoms with Crippen LogP contribution in [0.5, 0.6) is 0 Å². The molecule has 8 aliphatic rings. The third kappa shape index (κ3) is 20.2. The van der Waals surface area contributed by atoms with E-state index < -0.39 is 126 Å². The maximum Gasteiger partial charge on any atom is 0.197 e. The Bertz CT molecular complexity index is 2890. The SMILES string of the molecule is C=C1N=C(N)C(C)=CN1[C@@H]1O[C@H](CCP(=C)(C)C)[C@@H](O)[C@H]1O.C=C1N=C(N)C(I)=CN1[C@@H]1O[C@H](CCP(=C)(C)C)[C@@H](O)[C@H]1O.C=C1N=C(N)C=NN1[C@@H]1O[C@H](CCP(=C)(C)C)[C@@H](O)[C@H]1O.C=C1NC(N)=NC=C1[C@@H]1O[C@H](CCP(=C)(C)C)[C@@H](O)[C@H]1O. The summed E-state index contributed by atoms with van der Waals surface area (Å²) in [6.07, 6.45) is 16.8. The minimum Gasteiger partial charge on any atom is -0.388 e. The van der Waals surface area contributed by atoms with E-state index in [1.807, 2.05) is 6.92 Å². The predicted molar refractivity (Wildman–Crippen MR) is 368 cm³/mol. The van der Waals surface area contributed by atoms with Crippen molar-refractivity contribution in [2.45, 2.75) is 131 Å². The molecule has 17 N–H and O–H groups in total. The van der Waals surface area contributed by atoms with Gasteiger partial charge < -0.3 is 97.9 Å². The van der Waals surface area contributed by atoms with Crippen LogP contribution in [0.3, 0.4) is 0 Å². The number of hydrogen-bond acceptors (Lipinski definition) is 25. The van der Waals surface area contributed by atoms with E-state index in [0.29, 0.717) is 60.3 Å². The molecule has 0 aliphatic carbocycles. The number of aliphatic imine (C=N–C) groups is 4. The lowest BCUT2D eigenvalue weighted by Gasteiger charge is -2.31. The van der Waals surface area contributed by atoms with Crippen LogP contribution in [0.1, 0.15) is 32.6 Å². The number of rotatable bonds is 16. The fourth-order valence-corrected chi connectivity index (χ4v) is 13.9. The van der Waals surface area contributed by atoms with Crippen LogP contribution in [0.15, 0.2) is 108 Å². The summed E-state index contributed by atoms with van der Waals surface area (Å²) in [5.41, 5.74) is 24.5. The van der Waals surface area contributed by atoms with Gasteiger partial charge in [-0.3, -0.25) is 0 Å². The van der Waals surface area contributed by atoms with E-state index in [9.17, 15) is 40.9 Å². The molecule has 8 heterocycles. The molecule has 8 rings (SSSR count). The number of amidine groups is 3. The van der Waals surface area contributed by atoms with Gasteiger partial charge in [-0.05, 0) is 133 Å². The molecule has 0 amide bonds. The third-order valence-electron chi connectivity index (χ3n) is 14.7. The molecule has 4 saturated heterocycles. The van der Waals surface area contributed by atoms with Crippen LogP contribution in [0.4, 0.5) is 0 Å². The van der Waals surface area contributed by atoms with Crippen LogP contribution >= 0.6 is 50.1 Å². The Morgan fingerprint density at radius 3 is 1.34 bits per heavy atom. The van der Waals surface area contributed by atoms with Gasteiger partial charge >= 0.3 is 0 Å². The van der Waals surface area contributed by atoms with Crippen molar-refractivity contribution < 1.29 is 59.8 Å². The fourth-order valence-electron chi connectivity index (χ4n) is 9.66. The zero-order chi connectivity index (χ0) is 64.9. The number of hydrazone groups is 1. The van der Waals surface area contributed by atoms with Gasteiger partial charge in [0.25, 0.3) is 0 Å². The van der Waals surface area contributed by atoms with E-state index in [4.69, 9.17) is 41.9 Å². The Morgan fingerprint density at radius 1 is 0.535 bits per heavy atom. The minimum atomic E-state index is -1.21. The standard InChI is InChI=1S/C15H26N3O3P.C14H23IN3O3P.C14H24N3O3P.C13H23N4O3P/c1-9-8-18(10(2)17-14(9)16)15-13(20)12(19)11(21-15)6-7-22(3,4)5;1-8-17-13(16)9(15)7-18(8)14-12(20)11(19)10(21-14)5-6-22(2,3)4;1-8-9(7-16-14(15)17-8)13-12(19)11(18)10(20-13)5-6-21(2,3)4;1-8-16-10(14)7-15-17(8)13-12(19)11(18)9(20-13)5-6-21(2,3)4/h8,11-13,15,19-20H,2-3,6-7H2,1,4-5H3,(H2,16,17);7,10-12,14,19-20H,1-2,5-6H2,3-4H3,(H2,16,17);7,10-13,18-19H,1-2,5-6H2,3-4H3,(H3,15,16,17);7,9,11-13,18-19H,1-2,5-6H2,3-4H3,(H2,14,16)/t11-,12-,13-,15-;10-,11-,12-,14-;10-,11-,12-,13+;9-,11-,12-,13-/m1111/s1. The molecule has 0 aromatic rings. The highest BCUT2D eigenvalue weighted by Crippen LogP contribution is 2.43. The van der Waals surface area contributed by atoms with E-state index in [1.165, 1.54) is 17.4 Å². The van der Waals surface area contributed by atoms with Crippen molar-refractivity contribution >= 4 is 105 Å². The normalized spacial score (nSPS) is 33.2. The third-order valence-corrected chi connectivity index (χ3v) is 21.4. The maximum absolute atomic E-state index is 10.3. The van der Waals surface area contributed by atoms with Gasteiger partial charge in [0, 0.05) is 35.4 Å². The number of nitrogens with one attached hydrogen (secondary N) is 1. The van der Waals surface area contributed by atoms with Crippen molar-refractivity contribution in [3.05, 3.63) is 82.8 Å². The van der Waals surface area contributed by atoms with Gasteiger partial charge in [-0.1, -0.05) is 26.3 Å². The van der Waals surface area contributed by atoms with Crippen LogP contribution in [-0.4, -0.2) is 287 Å². The highest BCUT2D eigenvalue weighted by Gasteiger charge is 2.49. The lowest BCUT2D eigenvalue weighted by atomic mass is 9.99. The van der Waals surface area contributed by atoms with Gasteiger partial charge in [0.15, 0.2) is 24.6 Å². The van der Waals surface area contributed by atoms with Crippen molar-refractivity contribution in [3.8, 4) is 0 Å². The van der Waals surface area contributed by atoms with Gasteiger partial charge in [-0.25, -0.2) is 25.0 Å². The average Bonchev–Trinajstić information content (AvgIpc) is 4.17. The monoisotopic (exact) mass is 1390 g/mol. The second-order valence-electron chi connectivity index (χ2n) is 25.2. The number of aliphatic hydroxyl groups excluding tert-OH is 8. The quantitative estimate of drug-likeness (QED) is 0.0760. The summed E-state index contributed by atoms with van der Waals surface area (Å²) in [6, 6.07) is 0. The lowest BCUT2D eigenvalue weighted by molar-refractivity contribution is -0.0749. The van der Waals surface area contributed by atoms with Crippen LogP contribution in [0.25, 0.3) is 0 Å². The molecule has 4 fully saturated rings. The van der Waals surface area contributed by atoms with Crippen molar-refractivity contribution in [1.29, 1.82) is 0 Å². The van der Waals surface area contributed by atoms with Crippen LogP contribution < -0.4 is 28.3 Å². The smallest absolute Gasteiger partial charge is 0.197 e. The van der Waals surface area contributed by atoms with Crippen molar-refractivity contribution in [3.63, 3.8) is 0 Å². The van der Waals surface area contributed by atoms with Gasteiger partial charge in [-0.15, -0.1) is 52.7 Å². The molecule has 0 bridgehead atoms. The van der Waals surface area contributed by atoms with Crippen LogP contribution in [0, 0.1) is 0 Å². The lowest BCUT2D eigenvalue weighted by Crippen LogP contribution is -2.42. The van der Waals surface area contributed by atoms with Crippen LogP contribution in [0.2, 0.25) is 0 Å². The van der Waals surface area contributed by atoms with Gasteiger partial charge in [0.1, 0.15) is 89.9 Å². The number of ether oxygens (including phenoxy) is 4. The van der Waals surface area contributed by atoms with Crippen LogP contribution in [-0.2, 0) is 18.9 Å². The van der Waals surface area contributed by atoms with Gasteiger partial charge in [0.2, 0.25) is 0 Å². The van der Waals surface area contributed by atoms with Crippen molar-refractivity contribution in [2.75, 3.05) is 78.0 Å². The second kappa shape index (κ2) is 30.0. The zero-order valence-corrected chi connectivity index (χ0v) is 56.9. The summed E-state index contributed by atoms with van der Waals surface area (Å²) in [7, 11) is 0. The Balaban J connectivity index is 0.000000209. The summed E-state index contributed by atoms with van der Waals surface area (Å²) in [5.74, 6) is 2.33. The highest BCUT2D eigenvalue weighted by molar-refractivity contribution is 14.1. The Labute approximate surface area is 521 Å². The average molecular weight is 1390 g/mol. The Hall–Kier alpha value is -3.62. The molecule has 86 heavy (non-hydrogen) atoms. The maximum atomic E-state index is 10.3. The van der Waals surface area contributed by atoms with E-state index in [-0.39, 0.29) is 17.6 Å². The predicted octanol–water partition coefficient (Wildman–Crippen LogP) is 1.09. The number of hydrogen-bond donors (Lipinski definition) is 13. The van der Waals surface area contributed by atoms with E-state index in [1.54, 1.807) is 22.2 Å². The number of aliphatic hydroxyl groups is 8. The molecule has 25 nitrogen and oxygen atoms in total. The molecular formula is C56H96IN13O12P4.